The third kappa shape index (κ3) is 9.18. The van der Waals surface area contributed by atoms with Crippen molar-refractivity contribution in [2.75, 3.05) is 32.8 Å². The van der Waals surface area contributed by atoms with Gasteiger partial charge in [-0.1, -0.05) is 20.8 Å². The molecule has 1 aliphatic heterocycles. The molecule has 2 amide bonds. The molecule has 0 unspecified atom stereocenters. The Bertz CT molecular complexity index is 550. The predicted octanol–water partition coefficient (Wildman–Crippen LogP) is 2.99. The van der Waals surface area contributed by atoms with Crippen molar-refractivity contribution >= 4 is 12.0 Å². The second-order valence-corrected chi connectivity index (χ2v) is 10.1. The van der Waals surface area contributed by atoms with Gasteiger partial charge < -0.3 is 29.7 Å². The zero-order valence-electron chi connectivity index (χ0n) is 20.2. The summed E-state index contributed by atoms with van der Waals surface area (Å²) in [5.41, 5.74) is 5.66. The standard InChI is InChI=1S/C22H43N3O5/c1-9-28-18(29-10-2)15-25(19(26)17(23)13-21(3,4)5)16-11-12-24(14-16)20(27)30-22(6,7)8/h16-18H,9-15,23H2,1-8H3/t16-,17+/m1/s1. The quantitative estimate of drug-likeness (QED) is 0.566. The van der Waals surface area contributed by atoms with Crippen LogP contribution in [-0.4, -0.2) is 78.6 Å². The van der Waals surface area contributed by atoms with Crippen LogP contribution in [0.4, 0.5) is 4.79 Å². The lowest BCUT2D eigenvalue weighted by molar-refractivity contribution is -0.163. The Labute approximate surface area is 182 Å². The molecular weight excluding hydrogens is 386 g/mol. The number of nitrogens with two attached hydrogens (primary N) is 1. The molecule has 0 aromatic rings. The average molecular weight is 430 g/mol. The van der Waals surface area contributed by atoms with Gasteiger partial charge in [-0.2, -0.15) is 0 Å². The number of hydrogen-bond acceptors (Lipinski definition) is 6. The van der Waals surface area contributed by atoms with Crippen LogP contribution in [0.15, 0.2) is 0 Å². The van der Waals surface area contributed by atoms with E-state index in [9.17, 15) is 9.59 Å². The van der Waals surface area contributed by atoms with Crippen LogP contribution in [-0.2, 0) is 19.0 Å². The highest BCUT2D eigenvalue weighted by Gasteiger charge is 2.38. The van der Waals surface area contributed by atoms with Gasteiger partial charge in [-0.3, -0.25) is 4.79 Å². The molecule has 1 rings (SSSR count). The second-order valence-electron chi connectivity index (χ2n) is 10.1. The first-order chi connectivity index (χ1) is 13.8. The Hall–Kier alpha value is -1.38. The van der Waals surface area contributed by atoms with E-state index in [1.165, 1.54) is 0 Å². The van der Waals surface area contributed by atoms with Crippen LogP contribution in [0, 0.1) is 5.41 Å². The molecule has 2 atom stereocenters. The highest BCUT2D eigenvalue weighted by Crippen LogP contribution is 2.24. The van der Waals surface area contributed by atoms with E-state index in [1.54, 1.807) is 9.80 Å². The molecule has 176 valence electrons. The summed E-state index contributed by atoms with van der Waals surface area (Å²) in [5, 5.41) is 0. The Morgan fingerprint density at radius 2 is 1.67 bits per heavy atom. The molecule has 2 N–H and O–H groups in total. The summed E-state index contributed by atoms with van der Waals surface area (Å²) in [7, 11) is 0. The van der Waals surface area contributed by atoms with Crippen molar-refractivity contribution in [3.8, 4) is 0 Å². The van der Waals surface area contributed by atoms with Crippen molar-refractivity contribution < 1.29 is 23.8 Å². The van der Waals surface area contributed by atoms with Gasteiger partial charge in [0.25, 0.3) is 0 Å². The fourth-order valence-electron chi connectivity index (χ4n) is 3.55. The van der Waals surface area contributed by atoms with Gasteiger partial charge in [0, 0.05) is 26.3 Å². The van der Waals surface area contributed by atoms with E-state index in [0.29, 0.717) is 39.1 Å². The molecule has 8 nitrogen and oxygen atoms in total. The summed E-state index contributed by atoms with van der Waals surface area (Å²) in [5.74, 6) is -0.134. The van der Waals surface area contributed by atoms with Crippen molar-refractivity contribution in [1.82, 2.24) is 9.80 Å². The summed E-state index contributed by atoms with van der Waals surface area (Å²) in [6, 6.07) is -0.774. The number of carbonyl (C=O) groups is 2. The van der Waals surface area contributed by atoms with Gasteiger partial charge in [0.1, 0.15) is 5.60 Å². The lowest BCUT2D eigenvalue weighted by atomic mass is 9.88. The Balaban J connectivity index is 2.97. The molecule has 0 radical (unpaired) electrons. The molecule has 1 fully saturated rings. The van der Waals surface area contributed by atoms with Crippen LogP contribution in [0.1, 0.15) is 68.2 Å². The van der Waals surface area contributed by atoms with E-state index >= 15 is 0 Å². The summed E-state index contributed by atoms with van der Waals surface area (Å²) >= 11 is 0. The highest BCUT2D eigenvalue weighted by molar-refractivity contribution is 5.82. The molecule has 0 bridgehead atoms. The Morgan fingerprint density at radius 1 is 1.10 bits per heavy atom. The number of amides is 2. The van der Waals surface area contributed by atoms with Gasteiger partial charge >= 0.3 is 6.09 Å². The molecular formula is C22H43N3O5. The number of likely N-dealkylation sites (tertiary alicyclic amines) is 1. The molecule has 0 aromatic heterocycles. The predicted molar refractivity (Wildman–Crippen MR) is 117 cm³/mol. The third-order valence-corrected chi connectivity index (χ3v) is 4.74. The van der Waals surface area contributed by atoms with E-state index in [-0.39, 0.29) is 30.0 Å². The molecule has 0 aromatic carbocycles. The van der Waals surface area contributed by atoms with Crippen molar-refractivity contribution in [3.63, 3.8) is 0 Å². The minimum absolute atomic E-state index is 0.0712. The van der Waals surface area contributed by atoms with Gasteiger partial charge in [0.05, 0.1) is 18.6 Å². The molecule has 8 heteroatoms. The zero-order chi connectivity index (χ0) is 23.1. The topological polar surface area (TPSA) is 94.3 Å². The normalized spacial score (nSPS) is 18.6. The largest absolute Gasteiger partial charge is 0.444 e. The van der Waals surface area contributed by atoms with Crippen molar-refractivity contribution in [3.05, 3.63) is 0 Å². The number of ether oxygens (including phenoxy) is 3. The molecule has 30 heavy (non-hydrogen) atoms. The maximum atomic E-state index is 13.3. The van der Waals surface area contributed by atoms with Crippen LogP contribution in [0.2, 0.25) is 0 Å². The van der Waals surface area contributed by atoms with Gasteiger partial charge in [-0.15, -0.1) is 0 Å². The molecule has 0 aliphatic carbocycles. The van der Waals surface area contributed by atoms with Crippen LogP contribution in [0.25, 0.3) is 0 Å². The number of hydrogen-bond donors (Lipinski definition) is 1. The van der Waals surface area contributed by atoms with Crippen LogP contribution in [0.5, 0.6) is 0 Å². The van der Waals surface area contributed by atoms with Gasteiger partial charge in [0.2, 0.25) is 5.91 Å². The van der Waals surface area contributed by atoms with E-state index < -0.39 is 17.9 Å². The highest BCUT2D eigenvalue weighted by atomic mass is 16.7. The minimum Gasteiger partial charge on any atom is -0.444 e. The van der Waals surface area contributed by atoms with Gasteiger partial charge in [-0.05, 0) is 52.9 Å². The van der Waals surface area contributed by atoms with Gasteiger partial charge in [-0.25, -0.2) is 4.79 Å². The monoisotopic (exact) mass is 429 g/mol. The first-order valence-corrected chi connectivity index (χ1v) is 11.0. The fraction of sp³-hybridized carbons (Fsp3) is 0.909. The van der Waals surface area contributed by atoms with Crippen molar-refractivity contribution in [2.45, 2.75) is 92.2 Å². The molecule has 1 heterocycles. The molecule has 1 aliphatic rings. The summed E-state index contributed by atoms with van der Waals surface area (Å²) in [6.07, 6.45) is 0.348. The van der Waals surface area contributed by atoms with E-state index in [2.05, 4.69) is 20.8 Å². The average Bonchev–Trinajstić information content (AvgIpc) is 3.06. The third-order valence-electron chi connectivity index (χ3n) is 4.74. The fourth-order valence-corrected chi connectivity index (χ4v) is 3.55. The lowest BCUT2D eigenvalue weighted by Crippen LogP contribution is -2.53. The van der Waals surface area contributed by atoms with Crippen molar-refractivity contribution in [2.24, 2.45) is 11.1 Å². The summed E-state index contributed by atoms with van der Waals surface area (Å²) in [4.78, 5) is 29.2. The van der Waals surface area contributed by atoms with Gasteiger partial charge in [0.15, 0.2) is 6.29 Å². The SMILES string of the molecule is CCOC(CN(C(=O)[C@@H](N)CC(C)(C)C)[C@@H]1CCN(C(=O)OC(C)(C)C)C1)OCC. The van der Waals surface area contributed by atoms with Crippen LogP contribution in [0.3, 0.4) is 0 Å². The maximum absolute atomic E-state index is 13.3. The molecule has 1 saturated heterocycles. The number of carbonyl (C=O) groups excluding carboxylic acids is 2. The van der Waals surface area contributed by atoms with Crippen LogP contribution < -0.4 is 5.73 Å². The number of rotatable bonds is 9. The first-order valence-electron chi connectivity index (χ1n) is 11.0. The number of nitrogens with zero attached hydrogens (tertiary/aromatic N) is 2. The van der Waals surface area contributed by atoms with Crippen LogP contribution >= 0.6 is 0 Å². The van der Waals surface area contributed by atoms with E-state index in [1.807, 2.05) is 34.6 Å². The van der Waals surface area contributed by atoms with E-state index in [4.69, 9.17) is 19.9 Å². The summed E-state index contributed by atoms with van der Waals surface area (Å²) < 4.78 is 16.9. The lowest BCUT2D eigenvalue weighted by Gasteiger charge is -2.35. The summed E-state index contributed by atoms with van der Waals surface area (Å²) in [6.45, 7) is 17.7. The first kappa shape index (κ1) is 26.7. The van der Waals surface area contributed by atoms with E-state index in [0.717, 1.165) is 0 Å². The zero-order valence-corrected chi connectivity index (χ0v) is 20.2. The second kappa shape index (κ2) is 11.3. The Morgan fingerprint density at radius 3 is 2.13 bits per heavy atom. The Kier molecular flexibility index (Phi) is 10.0. The maximum Gasteiger partial charge on any atom is 0.410 e. The van der Waals surface area contributed by atoms with Crippen molar-refractivity contribution in [1.29, 1.82) is 0 Å². The minimum atomic E-state index is -0.621. The smallest absolute Gasteiger partial charge is 0.410 e. The molecule has 0 spiro atoms. The molecule has 0 saturated carbocycles.